The first-order valence-electron chi connectivity index (χ1n) is 12.5. The molecule has 3 amide bonds. The topological polar surface area (TPSA) is 118 Å². The summed E-state index contributed by atoms with van der Waals surface area (Å²) >= 11 is 6.35. The second-order valence-corrected chi connectivity index (χ2v) is 9.26. The van der Waals surface area contributed by atoms with Gasteiger partial charge in [0.05, 0.1) is 23.5 Å². The van der Waals surface area contributed by atoms with Crippen molar-refractivity contribution in [1.82, 2.24) is 10.7 Å². The molecule has 0 aliphatic rings. The van der Waals surface area contributed by atoms with Crippen molar-refractivity contribution in [1.29, 1.82) is 0 Å². The largest absolute Gasteiger partial charge is 0.490 e. The van der Waals surface area contributed by atoms with Crippen molar-refractivity contribution < 1.29 is 28.2 Å². The molecule has 0 fully saturated rings. The Morgan fingerprint density at radius 2 is 1.75 bits per heavy atom. The van der Waals surface area contributed by atoms with Gasteiger partial charge < -0.3 is 20.1 Å². The maximum atomic E-state index is 13.8. The zero-order chi connectivity index (χ0) is 29.1. The molecule has 0 saturated heterocycles. The highest BCUT2D eigenvalue weighted by atomic mass is 35.5. The molecule has 0 aromatic heterocycles. The van der Waals surface area contributed by atoms with Crippen LogP contribution in [0.3, 0.4) is 0 Å². The lowest BCUT2D eigenvalue weighted by molar-refractivity contribution is -0.139. The highest BCUT2D eigenvalue weighted by Crippen LogP contribution is 2.36. The predicted molar refractivity (Wildman–Crippen MR) is 151 cm³/mol. The molecule has 3 aromatic carbocycles. The van der Waals surface area contributed by atoms with Crippen molar-refractivity contribution in [3.8, 4) is 11.5 Å². The van der Waals surface area contributed by atoms with Gasteiger partial charge in [-0.25, -0.2) is 9.82 Å². The van der Waals surface area contributed by atoms with Crippen molar-refractivity contribution in [2.24, 2.45) is 5.10 Å². The number of carbonyl (C=O) groups is 3. The number of hydrazone groups is 1. The normalized spacial score (nSPS) is 10.8. The van der Waals surface area contributed by atoms with Gasteiger partial charge in [-0.15, -0.1) is 0 Å². The maximum Gasteiger partial charge on any atom is 0.329 e. The number of halogens is 2. The van der Waals surface area contributed by atoms with Gasteiger partial charge in [0.1, 0.15) is 5.82 Å². The van der Waals surface area contributed by atoms with Gasteiger partial charge in [-0.1, -0.05) is 61.8 Å². The third kappa shape index (κ3) is 8.81. The smallest absolute Gasteiger partial charge is 0.329 e. The molecule has 40 heavy (non-hydrogen) atoms. The van der Waals surface area contributed by atoms with E-state index in [4.69, 9.17) is 21.1 Å². The highest BCUT2D eigenvalue weighted by molar-refractivity contribution is 6.35. The van der Waals surface area contributed by atoms with E-state index in [0.29, 0.717) is 11.5 Å². The van der Waals surface area contributed by atoms with E-state index in [2.05, 4.69) is 35.0 Å². The standard InChI is InChI=1S/C29H30ClFN4O5/c1-4-39-25-14-20(13-22(30)27(25)40-17-26(36)34-24-8-6-5-7-23(24)31)16-33-35-29(38)28(37)32-15-19-9-11-21(12-10-19)18(2)3/h5-14,16,18H,4,15,17H2,1-3H3,(H,32,37)(H,34,36)(H,35,38)/b33-16-. The number of anilines is 1. The Bertz CT molecular complexity index is 1380. The van der Waals surface area contributed by atoms with Crippen molar-refractivity contribution in [2.75, 3.05) is 18.5 Å². The Balaban J connectivity index is 1.56. The van der Waals surface area contributed by atoms with Gasteiger partial charge in [-0.05, 0) is 53.8 Å². The molecule has 11 heteroatoms. The van der Waals surface area contributed by atoms with Crippen LogP contribution in [0, 0.1) is 5.82 Å². The zero-order valence-corrected chi connectivity index (χ0v) is 23.0. The quantitative estimate of drug-likeness (QED) is 0.175. The Hall–Kier alpha value is -4.44. The van der Waals surface area contributed by atoms with Crippen molar-refractivity contribution in [3.05, 3.63) is 88.2 Å². The fourth-order valence-corrected chi connectivity index (χ4v) is 3.72. The molecule has 9 nitrogen and oxygen atoms in total. The second kappa shape index (κ2) is 14.6. The Labute approximate surface area is 236 Å². The summed E-state index contributed by atoms with van der Waals surface area (Å²) in [6.45, 7) is 5.95. The van der Waals surface area contributed by atoms with E-state index in [0.717, 1.165) is 5.56 Å². The molecule has 3 aromatic rings. The number of hydrogen-bond donors (Lipinski definition) is 3. The van der Waals surface area contributed by atoms with Crippen LogP contribution >= 0.6 is 11.6 Å². The zero-order valence-electron chi connectivity index (χ0n) is 22.3. The second-order valence-electron chi connectivity index (χ2n) is 8.86. The fourth-order valence-electron chi connectivity index (χ4n) is 3.45. The average molecular weight is 569 g/mol. The predicted octanol–water partition coefficient (Wildman–Crippen LogP) is 4.79. The molecule has 0 radical (unpaired) electrons. The summed E-state index contributed by atoms with van der Waals surface area (Å²) in [5, 5.41) is 8.88. The first-order valence-corrected chi connectivity index (χ1v) is 12.9. The van der Waals surface area contributed by atoms with Crippen LogP contribution in [0.1, 0.15) is 43.4 Å². The van der Waals surface area contributed by atoms with Crippen LogP contribution in [-0.2, 0) is 20.9 Å². The van der Waals surface area contributed by atoms with Gasteiger partial charge >= 0.3 is 11.8 Å². The van der Waals surface area contributed by atoms with Crippen LogP contribution in [0.2, 0.25) is 5.02 Å². The Morgan fingerprint density at radius 1 is 1.02 bits per heavy atom. The third-order valence-electron chi connectivity index (χ3n) is 5.51. The van der Waals surface area contributed by atoms with E-state index in [9.17, 15) is 18.8 Å². The van der Waals surface area contributed by atoms with Crippen LogP contribution in [0.15, 0.2) is 65.8 Å². The van der Waals surface area contributed by atoms with Gasteiger partial charge in [0.25, 0.3) is 5.91 Å². The fraction of sp³-hybridized carbons (Fsp3) is 0.241. The minimum Gasteiger partial charge on any atom is -0.490 e. The lowest BCUT2D eigenvalue weighted by Gasteiger charge is -2.14. The Kier molecular flexibility index (Phi) is 11.0. The van der Waals surface area contributed by atoms with Crippen LogP contribution in [0.25, 0.3) is 0 Å². The summed E-state index contributed by atoms with van der Waals surface area (Å²) in [5.74, 6) is -2.22. The van der Waals surface area contributed by atoms with Crippen molar-refractivity contribution in [3.63, 3.8) is 0 Å². The molecule has 0 aliphatic heterocycles. The van der Waals surface area contributed by atoms with E-state index in [1.165, 1.54) is 42.1 Å². The van der Waals surface area contributed by atoms with Crippen LogP contribution < -0.4 is 25.5 Å². The van der Waals surface area contributed by atoms with Gasteiger partial charge in [0.2, 0.25) is 0 Å². The summed E-state index contributed by atoms with van der Waals surface area (Å²) in [6, 6.07) is 16.5. The summed E-state index contributed by atoms with van der Waals surface area (Å²) in [4.78, 5) is 36.5. The molecule has 0 aliphatic carbocycles. The van der Waals surface area contributed by atoms with E-state index in [1.807, 2.05) is 24.3 Å². The van der Waals surface area contributed by atoms with Gasteiger partial charge in [0.15, 0.2) is 18.1 Å². The molecular formula is C29H30ClFN4O5. The average Bonchev–Trinajstić information content (AvgIpc) is 2.92. The number of amides is 3. The summed E-state index contributed by atoms with van der Waals surface area (Å²) in [7, 11) is 0. The van der Waals surface area contributed by atoms with E-state index in [-0.39, 0.29) is 35.4 Å². The minimum absolute atomic E-state index is 0.0230. The van der Waals surface area contributed by atoms with Gasteiger partial charge in [0, 0.05) is 6.54 Å². The molecule has 0 heterocycles. The number of benzene rings is 3. The third-order valence-corrected chi connectivity index (χ3v) is 5.79. The lowest BCUT2D eigenvalue weighted by Crippen LogP contribution is -2.37. The number of para-hydroxylation sites is 1. The van der Waals surface area contributed by atoms with E-state index >= 15 is 0 Å². The molecule has 3 rings (SSSR count). The lowest BCUT2D eigenvalue weighted by atomic mass is 10.0. The highest BCUT2D eigenvalue weighted by Gasteiger charge is 2.16. The maximum absolute atomic E-state index is 13.8. The first kappa shape index (κ1) is 30.1. The van der Waals surface area contributed by atoms with Crippen LogP contribution in [-0.4, -0.2) is 37.1 Å². The van der Waals surface area contributed by atoms with E-state index < -0.39 is 30.1 Å². The molecule has 0 spiro atoms. The molecule has 0 bridgehead atoms. The van der Waals surface area contributed by atoms with E-state index in [1.54, 1.807) is 13.0 Å². The van der Waals surface area contributed by atoms with Crippen molar-refractivity contribution >= 4 is 41.2 Å². The number of hydrogen-bond acceptors (Lipinski definition) is 6. The van der Waals surface area contributed by atoms with Gasteiger partial charge in [-0.2, -0.15) is 5.10 Å². The van der Waals surface area contributed by atoms with Gasteiger partial charge in [-0.3, -0.25) is 14.4 Å². The number of nitrogens with one attached hydrogen (secondary N) is 3. The summed E-state index contributed by atoms with van der Waals surface area (Å²) < 4.78 is 24.9. The SMILES string of the molecule is CCOc1cc(/C=N\NC(=O)C(=O)NCc2ccc(C(C)C)cc2)cc(Cl)c1OCC(=O)Nc1ccccc1F. The summed E-state index contributed by atoms with van der Waals surface area (Å²) in [6.07, 6.45) is 1.28. The first-order chi connectivity index (χ1) is 19.2. The van der Waals surface area contributed by atoms with Crippen LogP contribution in [0.4, 0.5) is 10.1 Å². The summed E-state index contributed by atoms with van der Waals surface area (Å²) in [5.41, 5.74) is 4.66. The number of rotatable bonds is 11. The van der Waals surface area contributed by atoms with Crippen LogP contribution in [0.5, 0.6) is 11.5 Å². The van der Waals surface area contributed by atoms with Crippen molar-refractivity contribution in [2.45, 2.75) is 33.2 Å². The molecule has 0 saturated carbocycles. The minimum atomic E-state index is -0.938. The number of carbonyl (C=O) groups excluding carboxylic acids is 3. The monoisotopic (exact) mass is 568 g/mol. The molecule has 210 valence electrons. The molecule has 0 atom stereocenters. The number of nitrogens with zero attached hydrogens (tertiary/aromatic N) is 1. The molecule has 3 N–H and O–H groups in total. The molecule has 0 unspecified atom stereocenters. The molecular weight excluding hydrogens is 539 g/mol. The Morgan fingerprint density at radius 3 is 2.42 bits per heavy atom. The number of ether oxygens (including phenoxy) is 2.